The number of morpholine rings is 1. The molecule has 7 nitrogen and oxygen atoms in total. The highest BCUT2D eigenvalue weighted by Crippen LogP contribution is 2.38. The van der Waals surface area contributed by atoms with E-state index in [0.717, 1.165) is 72.3 Å². The maximum atomic E-state index is 5.54. The second-order valence-corrected chi connectivity index (χ2v) is 8.48. The summed E-state index contributed by atoms with van der Waals surface area (Å²) in [6.45, 7) is 4.09. The van der Waals surface area contributed by atoms with E-state index < -0.39 is 0 Å². The first-order valence-corrected chi connectivity index (χ1v) is 11.1. The molecular formula is C22H25N5O2S. The minimum Gasteiger partial charge on any atom is -0.497 e. The van der Waals surface area contributed by atoms with Crippen LogP contribution >= 0.6 is 11.8 Å². The smallest absolute Gasteiger partial charge is 0.130 e. The fraction of sp³-hybridized carbons (Fsp3) is 0.364. The minimum absolute atomic E-state index is 0.167. The summed E-state index contributed by atoms with van der Waals surface area (Å²) in [5.74, 6) is 1.85. The summed E-state index contributed by atoms with van der Waals surface area (Å²) in [4.78, 5) is 14.4. The third kappa shape index (κ3) is 3.96. The van der Waals surface area contributed by atoms with Gasteiger partial charge in [-0.3, -0.25) is 10.4 Å². The Hall–Kier alpha value is -2.39. The molecule has 2 fully saturated rings. The van der Waals surface area contributed by atoms with Crippen LogP contribution in [0.1, 0.15) is 18.2 Å². The molecule has 2 N–H and O–H groups in total. The van der Waals surface area contributed by atoms with Crippen molar-refractivity contribution in [2.75, 3.05) is 44.9 Å². The van der Waals surface area contributed by atoms with Crippen LogP contribution in [0.4, 0.5) is 5.82 Å². The van der Waals surface area contributed by atoms with Crippen molar-refractivity contribution in [2.24, 2.45) is 0 Å². The number of hydrogen-bond donors (Lipinski definition) is 2. The van der Waals surface area contributed by atoms with Gasteiger partial charge in [0.25, 0.3) is 0 Å². The highest BCUT2D eigenvalue weighted by Gasteiger charge is 2.23. The lowest BCUT2D eigenvalue weighted by Crippen LogP contribution is -2.36. The molecule has 0 radical (unpaired) electrons. The van der Waals surface area contributed by atoms with E-state index in [-0.39, 0.29) is 6.04 Å². The topological polar surface area (TPSA) is 71.5 Å². The predicted octanol–water partition coefficient (Wildman–Crippen LogP) is 3.17. The summed E-state index contributed by atoms with van der Waals surface area (Å²) < 4.78 is 10.8. The van der Waals surface area contributed by atoms with Gasteiger partial charge in [0, 0.05) is 41.0 Å². The van der Waals surface area contributed by atoms with Crippen LogP contribution in [-0.4, -0.2) is 49.9 Å². The maximum absolute atomic E-state index is 5.54. The first kappa shape index (κ1) is 19.6. The monoisotopic (exact) mass is 423 g/mol. The third-order valence-corrected chi connectivity index (χ3v) is 6.56. The number of benzene rings is 1. The minimum atomic E-state index is 0.167. The molecule has 2 saturated heterocycles. The normalized spacial score (nSPS) is 19.4. The molecule has 5 rings (SSSR count). The van der Waals surface area contributed by atoms with Crippen LogP contribution in [0.2, 0.25) is 0 Å². The van der Waals surface area contributed by atoms with Crippen LogP contribution in [-0.2, 0) is 4.74 Å². The number of hydrazine groups is 1. The zero-order valence-corrected chi connectivity index (χ0v) is 17.7. The zero-order valence-electron chi connectivity index (χ0n) is 16.9. The summed E-state index contributed by atoms with van der Waals surface area (Å²) in [6.07, 6.45) is 2.89. The molecule has 0 spiro atoms. The largest absolute Gasteiger partial charge is 0.497 e. The first-order chi connectivity index (χ1) is 14.8. The van der Waals surface area contributed by atoms with Gasteiger partial charge in [0.2, 0.25) is 0 Å². The first-order valence-electron chi connectivity index (χ1n) is 10.2. The van der Waals surface area contributed by atoms with Gasteiger partial charge in [-0.1, -0.05) is 11.8 Å². The molecule has 0 bridgehead atoms. The second-order valence-electron chi connectivity index (χ2n) is 7.36. The highest BCUT2D eigenvalue weighted by atomic mass is 32.2. The van der Waals surface area contributed by atoms with Crippen LogP contribution in [0.15, 0.2) is 52.4 Å². The Morgan fingerprint density at radius 1 is 1.17 bits per heavy atom. The molecule has 0 amide bonds. The Kier molecular flexibility index (Phi) is 5.72. The number of anilines is 1. The number of nitrogens with one attached hydrogen (secondary N) is 2. The Morgan fingerprint density at radius 3 is 2.73 bits per heavy atom. The van der Waals surface area contributed by atoms with Crippen molar-refractivity contribution in [2.45, 2.75) is 22.3 Å². The third-order valence-electron chi connectivity index (χ3n) is 5.49. The van der Waals surface area contributed by atoms with Crippen molar-refractivity contribution < 1.29 is 9.47 Å². The molecule has 0 saturated carbocycles. The molecule has 1 aromatic carbocycles. The van der Waals surface area contributed by atoms with Gasteiger partial charge in [0.1, 0.15) is 11.6 Å². The van der Waals surface area contributed by atoms with Crippen molar-refractivity contribution >= 4 is 28.5 Å². The number of fused-ring (bicyclic) bond motifs is 1. The van der Waals surface area contributed by atoms with Gasteiger partial charge in [0.05, 0.1) is 37.6 Å². The van der Waals surface area contributed by atoms with E-state index in [1.807, 2.05) is 18.3 Å². The standard InChI is InChI=1S/C22H25N5O2S/c1-28-15-2-4-16(5-3-15)30-19-14-20(27-10-12-29-13-11-27)25-21-17(19)6-8-23-22(21)18-7-9-24-26-18/h2-6,8,14,18,24,26H,7,9-13H2,1H3. The Labute approximate surface area is 180 Å². The number of hydrogen-bond acceptors (Lipinski definition) is 8. The van der Waals surface area contributed by atoms with Crippen LogP contribution in [0.3, 0.4) is 0 Å². The Morgan fingerprint density at radius 2 is 2.00 bits per heavy atom. The van der Waals surface area contributed by atoms with Gasteiger partial charge in [-0.2, -0.15) is 0 Å². The Balaban J connectivity index is 1.60. The molecule has 2 aliphatic heterocycles. The zero-order chi connectivity index (χ0) is 20.3. The average molecular weight is 424 g/mol. The molecule has 0 aliphatic carbocycles. The molecule has 8 heteroatoms. The van der Waals surface area contributed by atoms with E-state index in [1.165, 1.54) is 4.90 Å². The van der Waals surface area contributed by atoms with E-state index in [1.54, 1.807) is 18.9 Å². The number of rotatable bonds is 5. The maximum Gasteiger partial charge on any atom is 0.130 e. The lowest BCUT2D eigenvalue weighted by molar-refractivity contribution is 0.122. The summed E-state index contributed by atoms with van der Waals surface area (Å²) in [6, 6.07) is 12.6. The van der Waals surface area contributed by atoms with Crippen molar-refractivity contribution in [1.82, 2.24) is 20.8 Å². The molecule has 3 aromatic rings. The van der Waals surface area contributed by atoms with Gasteiger partial charge < -0.3 is 14.4 Å². The lowest BCUT2D eigenvalue weighted by atomic mass is 10.1. The summed E-state index contributed by atoms with van der Waals surface area (Å²) in [5.41, 5.74) is 8.53. The van der Waals surface area contributed by atoms with Crippen molar-refractivity contribution in [3.05, 3.63) is 48.3 Å². The quantitative estimate of drug-likeness (QED) is 0.649. The second kappa shape index (κ2) is 8.77. The molecule has 2 aromatic heterocycles. The molecule has 2 aliphatic rings. The van der Waals surface area contributed by atoms with Crippen LogP contribution in [0.25, 0.3) is 10.9 Å². The van der Waals surface area contributed by atoms with Crippen molar-refractivity contribution in [3.63, 3.8) is 0 Å². The van der Waals surface area contributed by atoms with Gasteiger partial charge in [-0.15, -0.1) is 0 Å². The number of aromatic nitrogens is 2. The van der Waals surface area contributed by atoms with Gasteiger partial charge >= 0.3 is 0 Å². The molecule has 4 heterocycles. The number of nitrogens with zero attached hydrogens (tertiary/aromatic N) is 3. The van der Waals surface area contributed by atoms with E-state index >= 15 is 0 Å². The van der Waals surface area contributed by atoms with Crippen LogP contribution in [0.5, 0.6) is 5.75 Å². The fourth-order valence-electron chi connectivity index (χ4n) is 3.88. The van der Waals surface area contributed by atoms with Gasteiger partial charge in [-0.05, 0) is 42.8 Å². The molecule has 30 heavy (non-hydrogen) atoms. The SMILES string of the molecule is COc1ccc(Sc2cc(N3CCOCC3)nc3c(C4CCNN4)nccc23)cc1. The molecular weight excluding hydrogens is 398 g/mol. The molecule has 1 atom stereocenters. The highest BCUT2D eigenvalue weighted by molar-refractivity contribution is 7.99. The summed E-state index contributed by atoms with van der Waals surface area (Å²) >= 11 is 1.75. The Bertz CT molecular complexity index is 1020. The fourth-order valence-corrected chi connectivity index (χ4v) is 4.85. The van der Waals surface area contributed by atoms with Gasteiger partial charge in [-0.25, -0.2) is 10.4 Å². The van der Waals surface area contributed by atoms with E-state index in [0.29, 0.717) is 0 Å². The van der Waals surface area contributed by atoms with Crippen LogP contribution < -0.4 is 20.5 Å². The van der Waals surface area contributed by atoms with E-state index in [2.05, 4.69) is 40.0 Å². The van der Waals surface area contributed by atoms with Crippen LogP contribution in [0, 0.1) is 0 Å². The van der Waals surface area contributed by atoms with Crippen molar-refractivity contribution in [3.8, 4) is 5.75 Å². The lowest BCUT2D eigenvalue weighted by Gasteiger charge is -2.28. The van der Waals surface area contributed by atoms with Crippen molar-refractivity contribution in [1.29, 1.82) is 0 Å². The molecule has 1 unspecified atom stereocenters. The summed E-state index contributed by atoms with van der Waals surface area (Å²) in [7, 11) is 1.69. The average Bonchev–Trinajstić information content (AvgIpc) is 3.34. The summed E-state index contributed by atoms with van der Waals surface area (Å²) in [5, 5.41) is 1.13. The number of pyridine rings is 2. The molecule has 156 valence electrons. The van der Waals surface area contributed by atoms with E-state index in [4.69, 9.17) is 19.4 Å². The number of ether oxygens (including phenoxy) is 2. The van der Waals surface area contributed by atoms with E-state index in [9.17, 15) is 0 Å². The predicted molar refractivity (Wildman–Crippen MR) is 118 cm³/mol. The number of methoxy groups -OCH3 is 1. The van der Waals surface area contributed by atoms with Gasteiger partial charge in [0.15, 0.2) is 0 Å².